The Morgan fingerprint density at radius 1 is 0.612 bits per heavy atom. The predicted octanol–water partition coefficient (Wildman–Crippen LogP) is 9.47. The van der Waals surface area contributed by atoms with Crippen molar-refractivity contribution in [1.29, 1.82) is 0 Å². The molecule has 264 valence electrons. The highest BCUT2D eigenvalue weighted by atomic mass is 31.2. The summed E-state index contributed by atoms with van der Waals surface area (Å²) >= 11 is 0. The highest BCUT2D eigenvalue weighted by Gasteiger charge is 2.25. The lowest BCUT2D eigenvalue weighted by Crippen LogP contribution is -2.19. The molecule has 0 fully saturated rings. The van der Waals surface area contributed by atoms with Crippen LogP contribution in [0, 0.1) is 0 Å². The summed E-state index contributed by atoms with van der Waals surface area (Å²) in [6, 6.07) is 30.7. The Kier molecular flexibility index (Phi) is 13.9. The van der Waals surface area contributed by atoms with Crippen LogP contribution in [0.4, 0.5) is 0 Å². The lowest BCUT2D eigenvalue weighted by atomic mass is 9.77. The topological polar surface area (TPSA) is 141 Å². The molecule has 0 bridgehead atoms. The second-order valence-electron chi connectivity index (χ2n) is 13.4. The molecule has 4 N–H and O–H groups in total. The van der Waals surface area contributed by atoms with E-state index in [0.717, 1.165) is 28.7 Å². The van der Waals surface area contributed by atoms with Gasteiger partial charge in [-0.05, 0) is 70.8 Å². The minimum absolute atomic E-state index is 0.0190. The van der Waals surface area contributed by atoms with Gasteiger partial charge < -0.3 is 24.3 Å². The molecule has 0 aliphatic rings. The van der Waals surface area contributed by atoms with Gasteiger partial charge in [-0.25, -0.2) is 4.79 Å². The second-order valence-corrected chi connectivity index (χ2v) is 16.9. The Morgan fingerprint density at radius 3 is 1.33 bits per heavy atom. The number of benzene rings is 4. The zero-order valence-corrected chi connectivity index (χ0v) is 31.1. The third-order valence-electron chi connectivity index (χ3n) is 8.80. The molecule has 0 saturated heterocycles. The van der Waals surface area contributed by atoms with Crippen LogP contribution in [0.3, 0.4) is 0 Å². The van der Waals surface area contributed by atoms with Gasteiger partial charge in [0.05, 0.1) is 24.5 Å². The van der Waals surface area contributed by atoms with Gasteiger partial charge in [-0.1, -0.05) is 126 Å². The molecule has 0 spiro atoms. The van der Waals surface area contributed by atoms with E-state index in [0.29, 0.717) is 5.56 Å². The fraction of sp³-hybridized carbons (Fsp3) is 0.359. The molecule has 10 heteroatoms. The van der Waals surface area contributed by atoms with Crippen molar-refractivity contribution in [3.05, 3.63) is 142 Å². The Balaban J connectivity index is 0.000000266. The smallest absolute Gasteiger partial charge is 0.335 e. The molecule has 8 nitrogen and oxygen atoms in total. The number of carbonyl (C=O) groups is 1. The zero-order chi connectivity index (χ0) is 36.5. The number of unbranched alkanes of at least 4 members (excludes halogenated alkanes) is 1. The summed E-state index contributed by atoms with van der Waals surface area (Å²) in [5, 5.41) is 9.00. The SMILES string of the molecule is CCCCc1ccc(C(C)(C)c2ccc(CP(=O)(O)O)cc2)cc1.CCOP(=O)(O)Cc1ccc(C(C)(C)c2ccc(C(=O)O)cc2)cc1. The highest BCUT2D eigenvalue weighted by Crippen LogP contribution is 2.46. The van der Waals surface area contributed by atoms with Crippen molar-refractivity contribution in [3.8, 4) is 0 Å². The van der Waals surface area contributed by atoms with E-state index >= 15 is 0 Å². The first-order chi connectivity index (χ1) is 22.9. The summed E-state index contributed by atoms with van der Waals surface area (Å²) in [6.45, 7) is 12.5. The first-order valence-electron chi connectivity index (χ1n) is 16.5. The fourth-order valence-corrected chi connectivity index (χ4v) is 7.45. The van der Waals surface area contributed by atoms with E-state index in [4.69, 9.17) is 19.4 Å². The molecule has 4 rings (SSSR count). The van der Waals surface area contributed by atoms with Crippen LogP contribution in [-0.4, -0.2) is 32.4 Å². The number of carboxylic acids is 1. The Morgan fingerprint density at radius 2 is 0.980 bits per heavy atom. The average molecular weight is 709 g/mol. The van der Waals surface area contributed by atoms with E-state index in [1.54, 1.807) is 19.1 Å². The van der Waals surface area contributed by atoms with Crippen LogP contribution in [0.1, 0.15) is 104 Å². The molecule has 1 atom stereocenters. The summed E-state index contributed by atoms with van der Waals surface area (Å²) in [6.07, 6.45) is 3.31. The lowest BCUT2D eigenvalue weighted by Gasteiger charge is -2.26. The van der Waals surface area contributed by atoms with Crippen LogP contribution in [0.15, 0.2) is 97.1 Å². The summed E-state index contributed by atoms with van der Waals surface area (Å²) in [4.78, 5) is 38.9. The molecule has 49 heavy (non-hydrogen) atoms. The molecule has 0 saturated carbocycles. The molecule has 0 aromatic heterocycles. The predicted molar refractivity (Wildman–Crippen MR) is 196 cm³/mol. The standard InChI is InChI=1S/C20H27O3P.C19H23O5P/c1-4-5-6-16-7-11-18(12-8-16)20(2,3)19-13-9-17(10-14-19)15-24(21,22)23;1-4-24-25(22,23)13-14-5-9-16(10-6-14)19(2,3)17-11-7-15(8-12-17)18(20)21/h7-14H,4-6,15H2,1-3H3,(H2,21,22,23);5-12H,4,13H2,1-3H3,(H,20,21)(H,22,23). The molecule has 0 aliphatic heterocycles. The quantitative estimate of drug-likeness (QED) is 0.0950. The summed E-state index contributed by atoms with van der Waals surface area (Å²) < 4.78 is 27.9. The van der Waals surface area contributed by atoms with E-state index in [1.165, 1.54) is 24.0 Å². The normalized spacial score (nSPS) is 13.2. The van der Waals surface area contributed by atoms with Crippen molar-refractivity contribution in [2.45, 2.75) is 84.0 Å². The van der Waals surface area contributed by atoms with E-state index in [9.17, 15) is 18.8 Å². The second kappa shape index (κ2) is 17.0. The van der Waals surface area contributed by atoms with Gasteiger partial charge in [-0.15, -0.1) is 0 Å². The van der Waals surface area contributed by atoms with Gasteiger partial charge in [0.25, 0.3) is 0 Å². The Bertz CT molecular complexity index is 1740. The number of hydrogen-bond donors (Lipinski definition) is 4. The summed E-state index contributed by atoms with van der Waals surface area (Å²) in [5.74, 6) is -0.948. The largest absolute Gasteiger partial charge is 0.478 e. The number of aromatic carboxylic acids is 1. The molecule has 4 aromatic rings. The maximum absolute atomic E-state index is 11.9. The van der Waals surface area contributed by atoms with E-state index in [2.05, 4.69) is 58.9 Å². The minimum Gasteiger partial charge on any atom is -0.478 e. The van der Waals surface area contributed by atoms with Gasteiger partial charge in [0.1, 0.15) is 0 Å². The fourth-order valence-electron chi connectivity index (χ4n) is 5.60. The third kappa shape index (κ3) is 11.9. The Labute approximate surface area is 290 Å². The lowest BCUT2D eigenvalue weighted by molar-refractivity contribution is 0.0696. The van der Waals surface area contributed by atoms with Crippen molar-refractivity contribution in [2.75, 3.05) is 6.61 Å². The van der Waals surface area contributed by atoms with Crippen molar-refractivity contribution >= 4 is 21.2 Å². The van der Waals surface area contributed by atoms with Crippen LogP contribution in [0.25, 0.3) is 0 Å². The van der Waals surface area contributed by atoms with Crippen LogP contribution in [0.5, 0.6) is 0 Å². The van der Waals surface area contributed by atoms with Gasteiger partial charge in [0.15, 0.2) is 0 Å². The number of aryl methyl sites for hydroxylation is 1. The van der Waals surface area contributed by atoms with Crippen molar-refractivity contribution < 1.29 is 38.2 Å². The maximum atomic E-state index is 11.9. The first-order valence-corrected chi connectivity index (χ1v) is 20.1. The summed E-state index contributed by atoms with van der Waals surface area (Å²) in [5.41, 5.74) is 6.96. The zero-order valence-electron chi connectivity index (χ0n) is 29.3. The van der Waals surface area contributed by atoms with Gasteiger partial charge >= 0.3 is 21.2 Å². The van der Waals surface area contributed by atoms with Crippen LogP contribution in [-0.2, 0) is 43.2 Å². The minimum atomic E-state index is -4.02. The molecule has 0 radical (unpaired) electrons. The molecular formula is C39H50O8P2. The summed E-state index contributed by atoms with van der Waals surface area (Å²) in [7, 11) is -7.62. The van der Waals surface area contributed by atoms with Gasteiger partial charge in [0.2, 0.25) is 0 Å². The number of hydrogen-bond acceptors (Lipinski definition) is 4. The molecule has 0 aliphatic carbocycles. The Hall–Kier alpha value is -3.35. The van der Waals surface area contributed by atoms with E-state index < -0.39 is 21.2 Å². The van der Waals surface area contributed by atoms with E-state index in [1.807, 2.05) is 60.7 Å². The van der Waals surface area contributed by atoms with Crippen LogP contribution >= 0.6 is 15.2 Å². The van der Waals surface area contributed by atoms with Gasteiger partial charge in [-0.3, -0.25) is 9.13 Å². The highest BCUT2D eigenvalue weighted by molar-refractivity contribution is 7.52. The van der Waals surface area contributed by atoms with Crippen molar-refractivity contribution in [2.24, 2.45) is 0 Å². The maximum Gasteiger partial charge on any atom is 0.335 e. The van der Waals surface area contributed by atoms with Crippen LogP contribution in [0.2, 0.25) is 0 Å². The van der Waals surface area contributed by atoms with Gasteiger partial charge in [-0.2, -0.15) is 0 Å². The molecule has 1 unspecified atom stereocenters. The van der Waals surface area contributed by atoms with Crippen LogP contribution < -0.4 is 0 Å². The molecular weight excluding hydrogens is 658 g/mol. The number of rotatable bonds is 14. The average Bonchev–Trinajstić information content (AvgIpc) is 3.04. The van der Waals surface area contributed by atoms with Crippen molar-refractivity contribution in [1.82, 2.24) is 0 Å². The third-order valence-corrected chi connectivity index (χ3v) is 11.0. The van der Waals surface area contributed by atoms with Gasteiger partial charge in [0, 0.05) is 10.8 Å². The molecule has 0 heterocycles. The van der Waals surface area contributed by atoms with E-state index in [-0.39, 0.29) is 35.3 Å². The monoisotopic (exact) mass is 708 g/mol. The number of carboxylic acid groups (broad SMARTS) is 1. The van der Waals surface area contributed by atoms with Crippen molar-refractivity contribution in [3.63, 3.8) is 0 Å². The first kappa shape index (κ1) is 40.1. The molecule has 0 amide bonds. The molecule has 4 aromatic carbocycles.